The quantitative estimate of drug-likeness (QED) is 0.457. The second kappa shape index (κ2) is 3.71. The van der Waals surface area contributed by atoms with Crippen LogP contribution < -0.4 is 11.1 Å². The second-order valence-corrected chi connectivity index (χ2v) is 2.35. The third-order valence-electron chi connectivity index (χ3n) is 1.38. The molecule has 0 unspecified atom stereocenters. The number of anilines is 1. The lowest BCUT2D eigenvalue weighted by Crippen LogP contribution is -2.14. The Labute approximate surface area is 71.3 Å². The number of hydrogen-bond acceptors (Lipinski definition) is 3. The van der Waals surface area contributed by atoms with E-state index in [0.29, 0.717) is 5.69 Å². The maximum Gasteiger partial charge on any atom is 0.141 e. The zero-order valence-electron chi connectivity index (χ0n) is 6.96. The van der Waals surface area contributed by atoms with Crippen LogP contribution in [-0.2, 0) is 0 Å². The number of hydrogen-bond donors (Lipinski definition) is 3. The van der Waals surface area contributed by atoms with E-state index < -0.39 is 0 Å². The first-order chi connectivity index (χ1) is 5.74. The van der Waals surface area contributed by atoms with Crippen molar-refractivity contribution in [2.24, 2.45) is 5.73 Å². The minimum absolute atomic E-state index is 0.00486. The van der Waals surface area contributed by atoms with E-state index in [-0.39, 0.29) is 5.84 Å². The van der Waals surface area contributed by atoms with Gasteiger partial charge in [-0.1, -0.05) is 6.07 Å². The van der Waals surface area contributed by atoms with Gasteiger partial charge in [0.25, 0.3) is 0 Å². The Kier molecular flexibility index (Phi) is 2.63. The van der Waals surface area contributed by atoms with Crippen LogP contribution in [0.5, 0.6) is 0 Å². The number of rotatable bonds is 3. The van der Waals surface area contributed by atoms with Gasteiger partial charge in [-0.25, -0.2) is 4.98 Å². The number of aromatic nitrogens is 1. The average molecular weight is 164 g/mol. The summed E-state index contributed by atoms with van der Waals surface area (Å²) in [5, 5.41) is 10.2. The summed E-state index contributed by atoms with van der Waals surface area (Å²) in [6.45, 7) is 2.80. The van der Waals surface area contributed by atoms with Crippen LogP contribution in [0.25, 0.3) is 0 Å². The molecular formula is C8H12N4. The number of nitrogens with zero attached hydrogens (tertiary/aromatic N) is 1. The number of nitrogen functional groups attached to an aromatic ring is 1. The van der Waals surface area contributed by atoms with Gasteiger partial charge in [0.05, 0.1) is 0 Å². The molecule has 1 rings (SSSR count). The lowest BCUT2D eigenvalue weighted by Gasteiger charge is -2.03. The van der Waals surface area contributed by atoms with Crippen LogP contribution in [0.4, 0.5) is 5.82 Å². The lowest BCUT2D eigenvalue weighted by atomic mass is 10.3. The van der Waals surface area contributed by atoms with E-state index in [2.05, 4.69) is 10.3 Å². The van der Waals surface area contributed by atoms with Crippen LogP contribution in [-0.4, -0.2) is 17.4 Å². The van der Waals surface area contributed by atoms with Crippen molar-refractivity contribution in [3.8, 4) is 0 Å². The SMILES string of the molecule is CCNc1cccc(C(=N)N)n1. The van der Waals surface area contributed by atoms with Crippen LogP contribution in [0.1, 0.15) is 12.6 Å². The monoisotopic (exact) mass is 164 g/mol. The Morgan fingerprint density at radius 1 is 1.67 bits per heavy atom. The van der Waals surface area contributed by atoms with Gasteiger partial charge >= 0.3 is 0 Å². The van der Waals surface area contributed by atoms with E-state index in [1.165, 1.54) is 0 Å². The molecule has 0 aliphatic heterocycles. The van der Waals surface area contributed by atoms with Crippen LogP contribution >= 0.6 is 0 Å². The van der Waals surface area contributed by atoms with Crippen LogP contribution in [0.3, 0.4) is 0 Å². The van der Waals surface area contributed by atoms with Crippen molar-refractivity contribution in [3.63, 3.8) is 0 Å². The molecule has 0 spiro atoms. The van der Waals surface area contributed by atoms with Crippen molar-refractivity contribution in [1.29, 1.82) is 5.41 Å². The van der Waals surface area contributed by atoms with Crippen molar-refractivity contribution in [2.45, 2.75) is 6.92 Å². The molecule has 0 saturated heterocycles. The molecule has 1 heterocycles. The highest BCUT2D eigenvalue weighted by Crippen LogP contribution is 2.03. The zero-order chi connectivity index (χ0) is 8.97. The van der Waals surface area contributed by atoms with Crippen LogP contribution in [0.2, 0.25) is 0 Å². The highest BCUT2D eigenvalue weighted by atomic mass is 15.0. The van der Waals surface area contributed by atoms with Gasteiger partial charge < -0.3 is 11.1 Å². The van der Waals surface area contributed by atoms with Crippen LogP contribution in [0, 0.1) is 5.41 Å². The van der Waals surface area contributed by atoms with Crippen molar-refractivity contribution in [1.82, 2.24) is 4.98 Å². The maximum absolute atomic E-state index is 7.15. The Hall–Kier alpha value is -1.58. The van der Waals surface area contributed by atoms with Gasteiger partial charge in [-0.05, 0) is 19.1 Å². The molecule has 4 heteroatoms. The summed E-state index contributed by atoms with van der Waals surface area (Å²) in [5.41, 5.74) is 5.78. The summed E-state index contributed by atoms with van der Waals surface area (Å²) in [6.07, 6.45) is 0. The molecule has 4 N–H and O–H groups in total. The fraction of sp³-hybridized carbons (Fsp3) is 0.250. The third-order valence-corrected chi connectivity index (χ3v) is 1.38. The first-order valence-corrected chi connectivity index (χ1v) is 3.79. The first-order valence-electron chi connectivity index (χ1n) is 3.79. The molecule has 0 saturated carbocycles. The Morgan fingerprint density at radius 2 is 2.42 bits per heavy atom. The van der Waals surface area contributed by atoms with Gasteiger partial charge in [-0.3, -0.25) is 5.41 Å². The number of nitrogens with one attached hydrogen (secondary N) is 2. The summed E-state index contributed by atoms with van der Waals surface area (Å²) in [7, 11) is 0. The molecule has 64 valence electrons. The predicted molar refractivity (Wildman–Crippen MR) is 49.4 cm³/mol. The standard InChI is InChI=1S/C8H12N4/c1-2-11-7-5-3-4-6(12-7)8(9)10/h3-5H,2H2,1H3,(H3,9,10)(H,11,12). The molecule has 12 heavy (non-hydrogen) atoms. The molecule has 1 aromatic heterocycles. The number of nitrogens with two attached hydrogens (primary N) is 1. The smallest absolute Gasteiger partial charge is 0.141 e. The Bertz CT molecular complexity index is 282. The summed E-state index contributed by atoms with van der Waals surface area (Å²) in [4.78, 5) is 4.10. The van der Waals surface area contributed by atoms with Crippen molar-refractivity contribution >= 4 is 11.7 Å². The minimum atomic E-state index is -0.00486. The topological polar surface area (TPSA) is 74.8 Å². The molecule has 1 aromatic rings. The van der Waals surface area contributed by atoms with Crippen molar-refractivity contribution in [2.75, 3.05) is 11.9 Å². The van der Waals surface area contributed by atoms with E-state index in [9.17, 15) is 0 Å². The average Bonchev–Trinajstić information content (AvgIpc) is 2.05. The largest absolute Gasteiger partial charge is 0.382 e. The highest BCUT2D eigenvalue weighted by Gasteiger charge is 1.97. The van der Waals surface area contributed by atoms with E-state index in [1.54, 1.807) is 6.07 Å². The fourth-order valence-corrected chi connectivity index (χ4v) is 0.864. The van der Waals surface area contributed by atoms with Crippen LogP contribution in [0.15, 0.2) is 18.2 Å². The molecule has 0 atom stereocenters. The van der Waals surface area contributed by atoms with E-state index >= 15 is 0 Å². The van der Waals surface area contributed by atoms with E-state index in [0.717, 1.165) is 12.4 Å². The molecule has 0 aliphatic carbocycles. The summed E-state index contributed by atoms with van der Waals surface area (Å²) >= 11 is 0. The second-order valence-electron chi connectivity index (χ2n) is 2.35. The minimum Gasteiger partial charge on any atom is -0.382 e. The molecule has 0 aliphatic rings. The molecule has 0 radical (unpaired) electrons. The predicted octanol–water partition coefficient (Wildman–Crippen LogP) is 0.797. The highest BCUT2D eigenvalue weighted by molar-refractivity contribution is 5.93. The third kappa shape index (κ3) is 1.95. The molecule has 0 amide bonds. The van der Waals surface area contributed by atoms with Crippen molar-refractivity contribution < 1.29 is 0 Å². The first kappa shape index (κ1) is 8.52. The fourth-order valence-electron chi connectivity index (χ4n) is 0.864. The van der Waals surface area contributed by atoms with Gasteiger partial charge in [0.2, 0.25) is 0 Å². The molecule has 0 fully saturated rings. The maximum atomic E-state index is 7.15. The van der Waals surface area contributed by atoms with Crippen molar-refractivity contribution in [3.05, 3.63) is 23.9 Å². The number of amidine groups is 1. The van der Waals surface area contributed by atoms with E-state index in [1.807, 2.05) is 19.1 Å². The Balaban J connectivity index is 2.88. The molecule has 4 nitrogen and oxygen atoms in total. The van der Waals surface area contributed by atoms with Gasteiger partial charge in [-0.15, -0.1) is 0 Å². The molecule has 0 bridgehead atoms. The van der Waals surface area contributed by atoms with Gasteiger partial charge in [0.15, 0.2) is 0 Å². The normalized spacial score (nSPS) is 9.42. The Morgan fingerprint density at radius 3 is 3.00 bits per heavy atom. The summed E-state index contributed by atoms with van der Waals surface area (Å²) in [6, 6.07) is 5.38. The summed E-state index contributed by atoms with van der Waals surface area (Å²) in [5.74, 6) is 0.750. The van der Waals surface area contributed by atoms with Gasteiger partial charge in [0, 0.05) is 6.54 Å². The summed E-state index contributed by atoms with van der Waals surface area (Å²) < 4.78 is 0. The lowest BCUT2D eigenvalue weighted by molar-refractivity contribution is 1.15. The van der Waals surface area contributed by atoms with Gasteiger partial charge in [-0.2, -0.15) is 0 Å². The number of pyridine rings is 1. The molecule has 0 aromatic carbocycles. The van der Waals surface area contributed by atoms with E-state index in [4.69, 9.17) is 11.1 Å². The van der Waals surface area contributed by atoms with Gasteiger partial charge in [0.1, 0.15) is 17.3 Å². The molecular weight excluding hydrogens is 152 g/mol. The zero-order valence-corrected chi connectivity index (χ0v) is 6.96.